The lowest BCUT2D eigenvalue weighted by atomic mass is 9.84. The van der Waals surface area contributed by atoms with Gasteiger partial charge in [0.05, 0.1) is 31.0 Å². The summed E-state index contributed by atoms with van der Waals surface area (Å²) in [6.07, 6.45) is 3.06. The summed E-state index contributed by atoms with van der Waals surface area (Å²) in [5, 5.41) is 6.91. The number of carbonyl (C=O) groups excluding carboxylic acids is 2. The van der Waals surface area contributed by atoms with Crippen molar-refractivity contribution in [1.82, 2.24) is 20.0 Å². The van der Waals surface area contributed by atoms with Crippen LogP contribution in [0.1, 0.15) is 41.0 Å². The number of fused-ring (bicyclic) bond motifs is 1. The van der Waals surface area contributed by atoms with Crippen LogP contribution in [0.15, 0.2) is 24.3 Å². The van der Waals surface area contributed by atoms with Crippen molar-refractivity contribution >= 4 is 11.8 Å². The Morgan fingerprint density at radius 1 is 1.19 bits per heavy atom. The predicted molar refractivity (Wildman–Crippen MR) is 92.5 cm³/mol. The van der Waals surface area contributed by atoms with Crippen molar-refractivity contribution < 1.29 is 18.4 Å². The van der Waals surface area contributed by atoms with E-state index in [1.54, 1.807) is 0 Å². The van der Waals surface area contributed by atoms with Crippen LogP contribution in [-0.4, -0.2) is 33.0 Å². The lowest BCUT2D eigenvalue weighted by molar-refractivity contribution is -0.139. The molecule has 1 aliphatic heterocycles. The molecule has 2 heterocycles. The van der Waals surface area contributed by atoms with Crippen molar-refractivity contribution in [1.29, 1.82) is 0 Å². The molecule has 2 amide bonds. The van der Waals surface area contributed by atoms with E-state index in [-0.39, 0.29) is 18.4 Å². The highest BCUT2D eigenvalue weighted by molar-refractivity contribution is 5.94. The van der Waals surface area contributed by atoms with Crippen LogP contribution >= 0.6 is 0 Å². The smallest absolute Gasteiger partial charge is 0.257 e. The lowest BCUT2D eigenvalue weighted by Gasteiger charge is -2.34. The summed E-state index contributed by atoms with van der Waals surface area (Å²) in [6.45, 7) is 1.78. The molecule has 27 heavy (non-hydrogen) atoms. The Bertz CT molecular complexity index is 872. The summed E-state index contributed by atoms with van der Waals surface area (Å²) in [5.41, 5.74) is 0.891. The van der Waals surface area contributed by atoms with Gasteiger partial charge in [0, 0.05) is 12.5 Å². The molecule has 1 aromatic heterocycles. The zero-order valence-electron chi connectivity index (χ0n) is 14.8. The first-order valence-corrected chi connectivity index (χ1v) is 9.09. The molecule has 0 bridgehead atoms. The monoisotopic (exact) mass is 374 g/mol. The summed E-state index contributed by atoms with van der Waals surface area (Å²) >= 11 is 0. The second-order valence-electron chi connectivity index (χ2n) is 7.02. The van der Waals surface area contributed by atoms with E-state index in [2.05, 4.69) is 10.4 Å². The Balaban J connectivity index is 1.40. The van der Waals surface area contributed by atoms with E-state index in [0.29, 0.717) is 25.3 Å². The number of rotatable bonds is 4. The van der Waals surface area contributed by atoms with Gasteiger partial charge in [0.1, 0.15) is 17.2 Å². The van der Waals surface area contributed by atoms with Crippen molar-refractivity contribution in [2.45, 2.75) is 38.9 Å². The number of hydrogen-bond acceptors (Lipinski definition) is 3. The van der Waals surface area contributed by atoms with Crippen molar-refractivity contribution in [3.05, 3.63) is 52.9 Å². The van der Waals surface area contributed by atoms with Gasteiger partial charge in [0.2, 0.25) is 5.91 Å². The summed E-state index contributed by atoms with van der Waals surface area (Å²) in [6, 6.07) is 5.11. The average molecular weight is 374 g/mol. The van der Waals surface area contributed by atoms with Crippen LogP contribution in [0.5, 0.6) is 0 Å². The van der Waals surface area contributed by atoms with Crippen LogP contribution in [0.4, 0.5) is 8.78 Å². The van der Waals surface area contributed by atoms with Crippen molar-refractivity contribution in [3.63, 3.8) is 0 Å². The topological polar surface area (TPSA) is 67.2 Å². The third-order valence-electron chi connectivity index (χ3n) is 5.23. The number of benzene rings is 1. The van der Waals surface area contributed by atoms with E-state index >= 15 is 0 Å². The molecule has 2 aromatic rings. The van der Waals surface area contributed by atoms with Crippen LogP contribution in [0.3, 0.4) is 0 Å². The molecule has 0 radical (unpaired) electrons. The van der Waals surface area contributed by atoms with Crippen molar-refractivity contribution in [3.8, 4) is 0 Å². The van der Waals surface area contributed by atoms with E-state index < -0.39 is 23.1 Å². The van der Waals surface area contributed by atoms with Gasteiger partial charge in [-0.3, -0.25) is 14.3 Å². The molecule has 0 spiro atoms. The van der Waals surface area contributed by atoms with Crippen LogP contribution in [0.2, 0.25) is 0 Å². The Morgan fingerprint density at radius 3 is 2.59 bits per heavy atom. The van der Waals surface area contributed by atoms with Crippen LogP contribution in [-0.2, 0) is 24.4 Å². The Morgan fingerprint density at radius 2 is 1.93 bits per heavy atom. The Kier molecular flexibility index (Phi) is 4.63. The number of nitrogens with zero attached hydrogens (tertiary/aromatic N) is 3. The minimum Gasteiger partial charge on any atom is -0.346 e. The maximum atomic E-state index is 13.7. The van der Waals surface area contributed by atoms with Gasteiger partial charge in [0.25, 0.3) is 5.91 Å². The second-order valence-corrected chi connectivity index (χ2v) is 7.02. The number of nitrogens with one attached hydrogen (secondary N) is 1. The van der Waals surface area contributed by atoms with E-state index in [1.807, 2.05) is 15.6 Å². The fraction of sp³-hybridized carbons (Fsp3) is 0.421. The molecular formula is C19H20F2N4O2. The van der Waals surface area contributed by atoms with Gasteiger partial charge < -0.3 is 10.2 Å². The minimum absolute atomic E-state index is 0.0587. The van der Waals surface area contributed by atoms with Gasteiger partial charge in [-0.1, -0.05) is 12.5 Å². The van der Waals surface area contributed by atoms with E-state index in [1.165, 1.54) is 6.07 Å². The maximum absolute atomic E-state index is 13.7. The number of aromatic nitrogens is 2. The molecule has 6 nitrogen and oxygen atoms in total. The predicted octanol–water partition coefficient (Wildman–Crippen LogP) is 2.23. The van der Waals surface area contributed by atoms with Crippen molar-refractivity contribution in [2.24, 2.45) is 5.92 Å². The highest BCUT2D eigenvalue weighted by Gasteiger charge is 2.31. The summed E-state index contributed by atoms with van der Waals surface area (Å²) in [4.78, 5) is 26.3. The van der Waals surface area contributed by atoms with E-state index in [0.717, 1.165) is 37.1 Å². The molecule has 8 heteroatoms. The highest BCUT2D eigenvalue weighted by Crippen LogP contribution is 2.29. The molecule has 1 aromatic carbocycles. The molecule has 4 rings (SSSR count). The molecule has 1 saturated carbocycles. The normalized spacial score (nSPS) is 16.6. The molecule has 2 aliphatic rings. The molecular weight excluding hydrogens is 354 g/mol. The summed E-state index contributed by atoms with van der Waals surface area (Å²) < 4.78 is 29.2. The van der Waals surface area contributed by atoms with Crippen LogP contribution in [0.25, 0.3) is 0 Å². The molecule has 0 unspecified atom stereocenters. The highest BCUT2D eigenvalue weighted by atomic mass is 19.1. The van der Waals surface area contributed by atoms with Gasteiger partial charge in [0.15, 0.2) is 0 Å². The summed E-state index contributed by atoms with van der Waals surface area (Å²) in [7, 11) is 0. The first-order chi connectivity index (χ1) is 13.0. The standard InChI is InChI=1S/C19H20F2N4O2/c20-15-5-2-6-16(21)17(15)18(26)22-10-13-9-14-11-24(7-8-25(14)23-13)19(27)12-3-1-4-12/h2,5-6,9,12H,1,3-4,7-8,10-11H2,(H,22,26). The van der Waals surface area contributed by atoms with Gasteiger partial charge >= 0.3 is 0 Å². The fourth-order valence-corrected chi connectivity index (χ4v) is 3.49. The SMILES string of the molecule is O=C(NCc1cc2n(n1)CCN(C(=O)C1CCC1)C2)c1c(F)cccc1F. The third-order valence-corrected chi connectivity index (χ3v) is 5.23. The number of amides is 2. The molecule has 1 N–H and O–H groups in total. The first-order valence-electron chi connectivity index (χ1n) is 9.09. The number of halogens is 2. The largest absolute Gasteiger partial charge is 0.346 e. The third kappa shape index (κ3) is 3.43. The number of hydrogen-bond donors (Lipinski definition) is 1. The molecule has 1 aliphatic carbocycles. The first kappa shape index (κ1) is 17.6. The molecule has 0 atom stereocenters. The Hall–Kier alpha value is -2.77. The van der Waals surface area contributed by atoms with Crippen molar-refractivity contribution in [2.75, 3.05) is 6.54 Å². The molecule has 142 valence electrons. The quantitative estimate of drug-likeness (QED) is 0.893. The molecule has 0 saturated heterocycles. The summed E-state index contributed by atoms with van der Waals surface area (Å²) in [5.74, 6) is -2.26. The second kappa shape index (κ2) is 7.09. The van der Waals surface area contributed by atoms with Crippen LogP contribution < -0.4 is 5.32 Å². The van der Waals surface area contributed by atoms with Gasteiger partial charge in [-0.05, 0) is 31.0 Å². The molecule has 1 fully saturated rings. The van der Waals surface area contributed by atoms with E-state index in [4.69, 9.17) is 0 Å². The Labute approximate surface area is 155 Å². The average Bonchev–Trinajstić information content (AvgIpc) is 3.00. The van der Waals surface area contributed by atoms with E-state index in [9.17, 15) is 18.4 Å². The van der Waals surface area contributed by atoms with Gasteiger partial charge in [-0.25, -0.2) is 8.78 Å². The lowest BCUT2D eigenvalue weighted by Crippen LogP contribution is -2.43. The maximum Gasteiger partial charge on any atom is 0.257 e. The zero-order chi connectivity index (χ0) is 19.0. The van der Waals surface area contributed by atoms with Gasteiger partial charge in [-0.15, -0.1) is 0 Å². The fourth-order valence-electron chi connectivity index (χ4n) is 3.49. The zero-order valence-corrected chi connectivity index (χ0v) is 14.8. The van der Waals surface area contributed by atoms with Crippen LogP contribution in [0, 0.1) is 17.6 Å². The number of carbonyl (C=O) groups is 2. The van der Waals surface area contributed by atoms with Gasteiger partial charge in [-0.2, -0.15) is 5.10 Å². The minimum atomic E-state index is -0.901.